The molecule has 3 aromatic rings. The molecule has 7 heteroatoms. The molecule has 0 saturated carbocycles. The van der Waals surface area contributed by atoms with Gasteiger partial charge in [-0.2, -0.15) is 0 Å². The van der Waals surface area contributed by atoms with Gasteiger partial charge in [0.05, 0.1) is 18.4 Å². The summed E-state index contributed by atoms with van der Waals surface area (Å²) in [6, 6.07) is 4.83. The lowest BCUT2D eigenvalue weighted by atomic mass is 10.2. The van der Waals surface area contributed by atoms with Crippen LogP contribution < -0.4 is 10.3 Å². The first kappa shape index (κ1) is 15.1. The van der Waals surface area contributed by atoms with Gasteiger partial charge in [-0.25, -0.2) is 9.50 Å². The number of aromatic hydroxyl groups is 1. The van der Waals surface area contributed by atoms with E-state index in [-0.39, 0.29) is 17.1 Å². The number of rotatable bonds is 4. The fourth-order valence-electron chi connectivity index (χ4n) is 2.58. The summed E-state index contributed by atoms with van der Waals surface area (Å²) < 4.78 is 6.63. The van der Waals surface area contributed by atoms with Gasteiger partial charge < -0.3 is 14.8 Å². The van der Waals surface area contributed by atoms with E-state index in [4.69, 9.17) is 4.74 Å². The molecule has 7 nitrogen and oxygen atoms in total. The van der Waals surface area contributed by atoms with Gasteiger partial charge in [-0.15, -0.1) is 5.10 Å². The van der Waals surface area contributed by atoms with E-state index in [1.54, 1.807) is 23.6 Å². The average Bonchev–Trinajstić information content (AvgIpc) is 2.84. The van der Waals surface area contributed by atoms with E-state index in [1.165, 1.54) is 13.2 Å². The summed E-state index contributed by atoms with van der Waals surface area (Å²) in [5.41, 5.74) is 1.23. The fourth-order valence-corrected chi connectivity index (χ4v) is 2.58. The van der Waals surface area contributed by atoms with E-state index in [1.807, 2.05) is 6.92 Å². The lowest BCUT2D eigenvalue weighted by Crippen LogP contribution is -2.15. The van der Waals surface area contributed by atoms with Crippen LogP contribution in [0.25, 0.3) is 16.9 Å². The number of aromatic nitrogens is 4. The second-order valence-electron chi connectivity index (χ2n) is 5.31. The van der Waals surface area contributed by atoms with Gasteiger partial charge >= 0.3 is 0 Å². The third-order valence-electron chi connectivity index (χ3n) is 3.68. The number of aryl methyl sites for hydroxylation is 2. The molecule has 3 rings (SSSR count). The number of hydrogen-bond donors (Lipinski definition) is 2. The number of phenols is 1. The van der Waals surface area contributed by atoms with Crippen LogP contribution in [0.5, 0.6) is 11.5 Å². The van der Waals surface area contributed by atoms with E-state index in [9.17, 15) is 9.90 Å². The maximum atomic E-state index is 12.4. The van der Waals surface area contributed by atoms with Crippen LogP contribution in [0.15, 0.2) is 23.0 Å². The van der Waals surface area contributed by atoms with E-state index in [0.717, 1.165) is 18.7 Å². The van der Waals surface area contributed by atoms with Crippen molar-refractivity contribution in [2.75, 3.05) is 7.11 Å². The quantitative estimate of drug-likeness (QED) is 0.769. The highest BCUT2D eigenvalue weighted by atomic mass is 16.5. The van der Waals surface area contributed by atoms with Gasteiger partial charge in [0, 0.05) is 12.5 Å². The van der Waals surface area contributed by atoms with Crippen LogP contribution in [0, 0.1) is 6.92 Å². The minimum Gasteiger partial charge on any atom is -0.507 e. The van der Waals surface area contributed by atoms with Crippen molar-refractivity contribution in [2.24, 2.45) is 0 Å². The minimum atomic E-state index is -0.280. The van der Waals surface area contributed by atoms with Crippen molar-refractivity contribution in [3.63, 3.8) is 0 Å². The highest BCUT2D eigenvalue weighted by Crippen LogP contribution is 2.29. The normalized spacial score (nSPS) is 11.1. The Balaban J connectivity index is 2.23. The first-order chi connectivity index (χ1) is 11.0. The maximum Gasteiger partial charge on any atom is 0.277 e. The summed E-state index contributed by atoms with van der Waals surface area (Å²) in [6.07, 6.45) is 1.62. The second kappa shape index (κ2) is 5.75. The summed E-state index contributed by atoms with van der Waals surface area (Å²) in [7, 11) is 1.52. The maximum absolute atomic E-state index is 12.4. The molecule has 2 heterocycles. The third kappa shape index (κ3) is 2.54. The number of imidazole rings is 1. The molecule has 120 valence electrons. The molecule has 0 saturated heterocycles. The molecule has 0 unspecified atom stereocenters. The van der Waals surface area contributed by atoms with Crippen molar-refractivity contribution < 1.29 is 9.84 Å². The predicted octanol–water partition coefficient (Wildman–Crippen LogP) is 2.06. The molecule has 0 spiro atoms. The van der Waals surface area contributed by atoms with Gasteiger partial charge in [-0.3, -0.25) is 4.79 Å². The highest BCUT2D eigenvalue weighted by molar-refractivity contribution is 5.65. The van der Waals surface area contributed by atoms with Crippen LogP contribution in [-0.4, -0.2) is 31.8 Å². The zero-order chi connectivity index (χ0) is 16.6. The summed E-state index contributed by atoms with van der Waals surface area (Å²) in [5.74, 6) is 1.54. The Hall–Kier alpha value is -2.83. The summed E-state index contributed by atoms with van der Waals surface area (Å²) in [4.78, 5) is 19.5. The number of H-pyrrole nitrogens is 1. The molecular weight excluding hydrogens is 296 g/mol. The summed E-state index contributed by atoms with van der Waals surface area (Å²) in [6.45, 7) is 3.83. The monoisotopic (exact) mass is 314 g/mol. The molecular formula is C16H18N4O3. The van der Waals surface area contributed by atoms with Crippen LogP contribution in [0.1, 0.15) is 24.9 Å². The molecule has 0 fully saturated rings. The Kier molecular flexibility index (Phi) is 3.77. The van der Waals surface area contributed by atoms with Crippen LogP contribution in [0.3, 0.4) is 0 Å². The van der Waals surface area contributed by atoms with Gasteiger partial charge in [-0.05, 0) is 25.5 Å². The fraction of sp³-hybridized carbons (Fsp3) is 0.312. The van der Waals surface area contributed by atoms with Crippen LogP contribution in [0.2, 0.25) is 0 Å². The van der Waals surface area contributed by atoms with E-state index in [2.05, 4.69) is 15.1 Å². The lowest BCUT2D eigenvalue weighted by molar-refractivity contribution is 0.408. The molecule has 0 aliphatic rings. The molecule has 2 N–H and O–H groups in total. The molecule has 0 amide bonds. The zero-order valence-corrected chi connectivity index (χ0v) is 13.3. The topological polar surface area (TPSA) is 92.5 Å². The highest BCUT2D eigenvalue weighted by Gasteiger charge is 2.16. The van der Waals surface area contributed by atoms with Crippen LogP contribution >= 0.6 is 0 Å². The molecule has 2 aromatic heterocycles. The molecule has 0 aliphatic heterocycles. The zero-order valence-electron chi connectivity index (χ0n) is 13.3. The molecule has 0 bridgehead atoms. The van der Waals surface area contributed by atoms with Gasteiger partial charge in [0.25, 0.3) is 5.56 Å². The molecule has 0 aliphatic carbocycles. The molecule has 1 aromatic carbocycles. The number of nitrogens with one attached hydrogen (secondary N) is 1. The minimum absolute atomic E-state index is 0.0132. The first-order valence-corrected chi connectivity index (χ1v) is 7.41. The number of nitrogens with zero attached hydrogens (tertiary/aromatic N) is 3. The predicted molar refractivity (Wildman–Crippen MR) is 86.0 cm³/mol. The van der Waals surface area contributed by atoms with Crippen molar-refractivity contribution in [2.45, 2.75) is 26.7 Å². The smallest absolute Gasteiger partial charge is 0.277 e. The number of phenolic OH excluding ortho intramolecular Hbond substituents is 1. The second-order valence-corrected chi connectivity index (χ2v) is 5.31. The van der Waals surface area contributed by atoms with Gasteiger partial charge in [0.2, 0.25) is 0 Å². The van der Waals surface area contributed by atoms with Crippen LogP contribution in [-0.2, 0) is 6.42 Å². The largest absolute Gasteiger partial charge is 0.507 e. The van der Waals surface area contributed by atoms with Crippen molar-refractivity contribution in [3.05, 3.63) is 40.1 Å². The molecule has 23 heavy (non-hydrogen) atoms. The van der Waals surface area contributed by atoms with E-state index >= 15 is 0 Å². The van der Waals surface area contributed by atoms with Gasteiger partial charge in [0.1, 0.15) is 17.3 Å². The van der Waals surface area contributed by atoms with E-state index < -0.39 is 0 Å². The number of aromatic amines is 1. The van der Waals surface area contributed by atoms with Crippen molar-refractivity contribution in [1.82, 2.24) is 19.6 Å². The number of ether oxygens (including phenoxy) is 1. The average molecular weight is 314 g/mol. The number of benzene rings is 1. The van der Waals surface area contributed by atoms with Crippen molar-refractivity contribution >= 4 is 5.52 Å². The Labute approximate surface area is 132 Å². The number of hydrogen-bond acceptors (Lipinski definition) is 5. The van der Waals surface area contributed by atoms with Crippen LogP contribution in [0.4, 0.5) is 0 Å². The Morgan fingerprint density at radius 3 is 2.83 bits per heavy atom. The summed E-state index contributed by atoms with van der Waals surface area (Å²) >= 11 is 0. The lowest BCUT2D eigenvalue weighted by Gasteiger charge is -2.07. The van der Waals surface area contributed by atoms with Gasteiger partial charge in [0.15, 0.2) is 11.3 Å². The SMILES string of the molecule is CCCc1nc(C)c2c(=O)[nH]c(-c3ccc(OC)cc3O)nn12. The molecule has 0 atom stereocenters. The summed E-state index contributed by atoms with van der Waals surface area (Å²) in [5, 5.41) is 14.6. The van der Waals surface area contributed by atoms with Gasteiger partial charge in [-0.1, -0.05) is 6.92 Å². The Bertz CT molecular complexity index is 927. The van der Waals surface area contributed by atoms with Crippen molar-refractivity contribution in [3.8, 4) is 22.9 Å². The molecule has 0 radical (unpaired) electrons. The Morgan fingerprint density at radius 2 is 2.17 bits per heavy atom. The Morgan fingerprint density at radius 1 is 1.39 bits per heavy atom. The third-order valence-corrected chi connectivity index (χ3v) is 3.68. The number of methoxy groups -OCH3 is 1. The van der Waals surface area contributed by atoms with Crippen molar-refractivity contribution in [1.29, 1.82) is 0 Å². The first-order valence-electron chi connectivity index (χ1n) is 7.41. The number of fused-ring (bicyclic) bond motifs is 1. The van der Waals surface area contributed by atoms with E-state index in [0.29, 0.717) is 22.5 Å². The standard InChI is InChI=1S/C16H18N4O3/c1-4-5-13-17-9(2)14-16(22)18-15(19-20(13)14)11-7-6-10(23-3)8-12(11)21/h6-8,21H,4-5H2,1-3H3,(H,18,19,22).